The van der Waals surface area contributed by atoms with Gasteiger partial charge in [0.15, 0.2) is 0 Å². The number of alkyl halides is 3. The zero-order valence-corrected chi connectivity index (χ0v) is 18.0. The van der Waals surface area contributed by atoms with Crippen LogP contribution >= 0.6 is 0 Å². The summed E-state index contributed by atoms with van der Waals surface area (Å²) < 4.78 is 44.9. The summed E-state index contributed by atoms with van der Waals surface area (Å²) in [6, 6.07) is 12.9. The summed E-state index contributed by atoms with van der Waals surface area (Å²) in [7, 11) is 0. The number of carboxylic acids is 1. The van der Waals surface area contributed by atoms with E-state index < -0.39 is 42.1 Å². The Morgan fingerprint density at radius 1 is 1.03 bits per heavy atom. The maximum atomic E-state index is 13.2. The van der Waals surface area contributed by atoms with E-state index in [9.17, 15) is 27.6 Å². The molecule has 180 valence electrons. The summed E-state index contributed by atoms with van der Waals surface area (Å²) in [5, 5.41) is 12.9. The van der Waals surface area contributed by atoms with Gasteiger partial charge in [0.05, 0.1) is 6.42 Å². The molecule has 4 rings (SSSR count). The molecule has 1 unspecified atom stereocenters. The lowest BCUT2D eigenvalue weighted by atomic mass is 9.76. The van der Waals surface area contributed by atoms with Crippen LogP contribution in [0.1, 0.15) is 42.7 Å². The van der Waals surface area contributed by atoms with Crippen LogP contribution in [0.15, 0.2) is 48.5 Å². The lowest BCUT2D eigenvalue weighted by Crippen LogP contribution is -2.65. The standard InChI is InChI=1S/C24H23F3N2O5/c25-24(26,27)19(12-20(30)31)28-21(32)23(10-5-11-23)29-22(33)34-13-18-16-8-3-1-6-14(16)15-7-2-4-9-17(15)18/h1-4,6-9,18-19H,5,10-13H2,(H,28,32)(H,29,33)(H,30,31). The van der Waals surface area contributed by atoms with Crippen LogP contribution in [0.2, 0.25) is 0 Å². The quantitative estimate of drug-likeness (QED) is 0.561. The molecule has 1 saturated carbocycles. The normalized spacial score (nSPS) is 17.0. The predicted octanol–water partition coefficient (Wildman–Crippen LogP) is 3.97. The lowest BCUT2D eigenvalue weighted by molar-refractivity contribution is -0.172. The van der Waals surface area contributed by atoms with Crippen molar-refractivity contribution >= 4 is 18.0 Å². The van der Waals surface area contributed by atoms with E-state index in [4.69, 9.17) is 9.84 Å². The van der Waals surface area contributed by atoms with E-state index in [0.29, 0.717) is 6.42 Å². The fourth-order valence-corrected chi connectivity index (χ4v) is 4.49. The summed E-state index contributed by atoms with van der Waals surface area (Å²) in [4.78, 5) is 36.0. The number of alkyl carbamates (subject to hydrolysis) is 1. The van der Waals surface area contributed by atoms with Gasteiger partial charge < -0.3 is 20.5 Å². The van der Waals surface area contributed by atoms with Crippen molar-refractivity contribution in [1.82, 2.24) is 10.6 Å². The third-order valence-electron chi connectivity index (χ3n) is 6.41. The Labute approximate surface area is 193 Å². The number of rotatable bonds is 7. The molecule has 1 atom stereocenters. The van der Waals surface area contributed by atoms with Crippen LogP contribution in [0.5, 0.6) is 0 Å². The van der Waals surface area contributed by atoms with Gasteiger partial charge in [0.25, 0.3) is 0 Å². The maximum Gasteiger partial charge on any atom is 0.409 e. The van der Waals surface area contributed by atoms with Crippen LogP contribution in [-0.4, -0.2) is 47.4 Å². The Morgan fingerprint density at radius 3 is 2.06 bits per heavy atom. The Morgan fingerprint density at radius 2 is 1.59 bits per heavy atom. The Kier molecular flexibility index (Phi) is 6.24. The summed E-state index contributed by atoms with van der Waals surface area (Å²) in [6.07, 6.45) is -6.40. The van der Waals surface area contributed by atoms with Crippen LogP contribution < -0.4 is 10.6 Å². The largest absolute Gasteiger partial charge is 0.481 e. The second kappa shape index (κ2) is 9.00. The second-order valence-electron chi connectivity index (χ2n) is 8.55. The van der Waals surface area contributed by atoms with Crippen LogP contribution in [0.3, 0.4) is 0 Å². The van der Waals surface area contributed by atoms with E-state index in [0.717, 1.165) is 22.3 Å². The van der Waals surface area contributed by atoms with Gasteiger partial charge in [0, 0.05) is 5.92 Å². The molecule has 0 heterocycles. The average Bonchev–Trinajstić information content (AvgIpc) is 3.07. The minimum Gasteiger partial charge on any atom is -0.481 e. The summed E-state index contributed by atoms with van der Waals surface area (Å²) in [5.41, 5.74) is 2.51. The van der Waals surface area contributed by atoms with Crippen LogP contribution in [0.25, 0.3) is 11.1 Å². The van der Waals surface area contributed by atoms with Crippen LogP contribution in [0, 0.1) is 0 Å². The van der Waals surface area contributed by atoms with E-state index in [1.807, 2.05) is 48.5 Å². The first kappa shape index (κ1) is 23.6. The fraction of sp³-hybridized carbons (Fsp3) is 0.375. The number of carbonyl (C=O) groups excluding carboxylic acids is 2. The number of ether oxygens (including phenoxy) is 1. The van der Waals surface area contributed by atoms with Crippen LogP contribution in [0.4, 0.5) is 18.0 Å². The number of hydrogen-bond donors (Lipinski definition) is 3. The van der Waals surface area contributed by atoms with E-state index in [1.165, 1.54) is 0 Å². The van der Waals surface area contributed by atoms with Gasteiger partial charge in [-0.1, -0.05) is 48.5 Å². The molecule has 2 aromatic rings. The summed E-state index contributed by atoms with van der Waals surface area (Å²) >= 11 is 0. The monoisotopic (exact) mass is 476 g/mol. The molecule has 3 N–H and O–H groups in total. The highest BCUT2D eigenvalue weighted by Gasteiger charge is 2.50. The van der Waals surface area contributed by atoms with Crippen molar-refractivity contribution < 1.29 is 37.4 Å². The molecule has 1 fully saturated rings. The fourth-order valence-electron chi connectivity index (χ4n) is 4.49. The molecule has 0 aromatic heterocycles. The molecular weight excluding hydrogens is 453 g/mol. The molecule has 2 aliphatic rings. The van der Waals surface area contributed by atoms with Gasteiger partial charge in [0.1, 0.15) is 18.2 Å². The molecule has 2 amide bonds. The van der Waals surface area contributed by atoms with E-state index >= 15 is 0 Å². The number of halogens is 3. The second-order valence-corrected chi connectivity index (χ2v) is 8.55. The number of carboxylic acid groups (broad SMARTS) is 1. The van der Waals surface area contributed by atoms with Crippen molar-refractivity contribution in [3.8, 4) is 11.1 Å². The maximum absolute atomic E-state index is 13.2. The van der Waals surface area contributed by atoms with Gasteiger partial charge in [-0.15, -0.1) is 0 Å². The number of benzene rings is 2. The molecular formula is C24H23F3N2O5. The first-order valence-electron chi connectivity index (χ1n) is 10.8. The molecule has 2 aliphatic carbocycles. The Hall–Kier alpha value is -3.56. The predicted molar refractivity (Wildman–Crippen MR) is 115 cm³/mol. The van der Waals surface area contributed by atoms with Crippen molar-refractivity contribution in [3.05, 3.63) is 59.7 Å². The van der Waals surface area contributed by atoms with Crippen LogP contribution in [-0.2, 0) is 14.3 Å². The van der Waals surface area contributed by atoms with Gasteiger partial charge in [0.2, 0.25) is 5.91 Å². The first-order valence-corrected chi connectivity index (χ1v) is 10.8. The van der Waals surface area contributed by atoms with Gasteiger partial charge in [-0.05, 0) is 41.5 Å². The molecule has 0 spiro atoms. The highest BCUT2D eigenvalue weighted by Crippen LogP contribution is 2.44. The zero-order valence-electron chi connectivity index (χ0n) is 18.0. The third-order valence-corrected chi connectivity index (χ3v) is 6.41. The SMILES string of the molecule is O=C(O)CC(NC(=O)C1(NC(=O)OCC2c3ccccc3-c3ccccc32)CCC1)C(F)(F)F. The number of hydrogen-bond acceptors (Lipinski definition) is 4. The minimum atomic E-state index is -4.94. The zero-order chi connectivity index (χ0) is 24.5. The van der Waals surface area contributed by atoms with E-state index in [2.05, 4.69) is 5.32 Å². The van der Waals surface area contributed by atoms with Crippen molar-refractivity contribution in [3.63, 3.8) is 0 Å². The third kappa shape index (κ3) is 4.57. The minimum absolute atomic E-state index is 0.0122. The smallest absolute Gasteiger partial charge is 0.409 e. The van der Waals surface area contributed by atoms with Crippen molar-refractivity contribution in [2.45, 2.75) is 49.4 Å². The topological polar surface area (TPSA) is 105 Å². The number of aliphatic carboxylic acids is 1. The van der Waals surface area contributed by atoms with E-state index in [-0.39, 0.29) is 25.4 Å². The van der Waals surface area contributed by atoms with Crippen molar-refractivity contribution in [2.75, 3.05) is 6.61 Å². The number of fused-ring (bicyclic) bond motifs is 3. The molecule has 34 heavy (non-hydrogen) atoms. The highest BCUT2D eigenvalue weighted by molar-refractivity contribution is 5.91. The molecule has 2 aromatic carbocycles. The number of carbonyl (C=O) groups is 3. The summed E-state index contributed by atoms with van der Waals surface area (Å²) in [5.74, 6) is -2.99. The number of nitrogens with one attached hydrogen (secondary N) is 2. The average molecular weight is 476 g/mol. The van der Waals surface area contributed by atoms with Gasteiger partial charge in [-0.25, -0.2) is 4.79 Å². The van der Waals surface area contributed by atoms with E-state index in [1.54, 1.807) is 5.32 Å². The molecule has 0 aliphatic heterocycles. The molecule has 0 bridgehead atoms. The molecule has 7 nitrogen and oxygen atoms in total. The van der Waals surface area contributed by atoms with Crippen molar-refractivity contribution in [2.24, 2.45) is 0 Å². The number of amides is 2. The molecule has 0 saturated heterocycles. The Balaban J connectivity index is 1.42. The highest BCUT2D eigenvalue weighted by atomic mass is 19.4. The molecule has 10 heteroatoms. The lowest BCUT2D eigenvalue weighted by Gasteiger charge is -2.41. The Bertz CT molecular complexity index is 1070. The van der Waals surface area contributed by atoms with Gasteiger partial charge in [-0.2, -0.15) is 13.2 Å². The molecule has 0 radical (unpaired) electrons. The van der Waals surface area contributed by atoms with Crippen molar-refractivity contribution in [1.29, 1.82) is 0 Å². The first-order chi connectivity index (χ1) is 16.1. The summed E-state index contributed by atoms with van der Waals surface area (Å²) in [6.45, 7) is -0.0122. The van der Waals surface area contributed by atoms with Gasteiger partial charge >= 0.3 is 18.2 Å². The van der Waals surface area contributed by atoms with Gasteiger partial charge in [-0.3, -0.25) is 9.59 Å².